The maximum Gasteiger partial charge on any atom is 0.330 e. The van der Waals surface area contributed by atoms with Gasteiger partial charge >= 0.3 is 5.97 Å². The highest BCUT2D eigenvalue weighted by atomic mass is 16.5. The summed E-state index contributed by atoms with van der Waals surface area (Å²) in [4.78, 5) is 10.8. The first-order valence-corrected chi connectivity index (χ1v) is 9.75. The molecule has 0 amide bonds. The summed E-state index contributed by atoms with van der Waals surface area (Å²) in [5, 5.41) is 0. The molecule has 0 bridgehead atoms. The highest BCUT2D eigenvalue weighted by Gasteiger charge is 1.94. The predicted octanol–water partition coefficient (Wildman–Crippen LogP) is 6.75. The SMILES string of the molecule is C=CC(=O)OCCCC/C=C/CCCCCCCCCCCC. The molecular formula is C21H38O2. The summed E-state index contributed by atoms with van der Waals surface area (Å²) in [7, 11) is 0. The highest BCUT2D eigenvalue weighted by Crippen LogP contribution is 2.11. The average molecular weight is 323 g/mol. The fourth-order valence-corrected chi connectivity index (χ4v) is 2.58. The summed E-state index contributed by atoms with van der Waals surface area (Å²) in [6.07, 6.45) is 24.1. The Morgan fingerprint density at radius 2 is 1.26 bits per heavy atom. The maximum absolute atomic E-state index is 10.8. The van der Waals surface area contributed by atoms with Crippen LogP contribution in [0.5, 0.6) is 0 Å². The smallest absolute Gasteiger partial charge is 0.330 e. The highest BCUT2D eigenvalue weighted by molar-refractivity contribution is 5.81. The maximum atomic E-state index is 10.8. The van der Waals surface area contributed by atoms with Gasteiger partial charge in [0.15, 0.2) is 0 Å². The van der Waals surface area contributed by atoms with E-state index in [1.165, 1.54) is 76.7 Å². The van der Waals surface area contributed by atoms with E-state index in [2.05, 4.69) is 25.7 Å². The van der Waals surface area contributed by atoms with Gasteiger partial charge in [-0.05, 0) is 32.1 Å². The molecule has 0 saturated heterocycles. The van der Waals surface area contributed by atoms with Crippen LogP contribution in [0.15, 0.2) is 24.8 Å². The second kappa shape index (κ2) is 19.0. The number of ether oxygens (including phenoxy) is 1. The van der Waals surface area contributed by atoms with Crippen molar-refractivity contribution in [3.8, 4) is 0 Å². The lowest BCUT2D eigenvalue weighted by Crippen LogP contribution is -2.01. The third-order valence-electron chi connectivity index (χ3n) is 4.07. The van der Waals surface area contributed by atoms with Gasteiger partial charge in [0, 0.05) is 6.08 Å². The van der Waals surface area contributed by atoms with Crippen LogP contribution < -0.4 is 0 Å². The van der Waals surface area contributed by atoms with Crippen molar-refractivity contribution in [1.82, 2.24) is 0 Å². The summed E-state index contributed by atoms with van der Waals surface area (Å²) in [6.45, 7) is 6.15. The molecule has 0 aliphatic carbocycles. The molecule has 0 rings (SSSR count). The van der Waals surface area contributed by atoms with Crippen molar-refractivity contribution < 1.29 is 9.53 Å². The molecular weight excluding hydrogens is 284 g/mol. The number of hydrogen-bond acceptors (Lipinski definition) is 2. The third-order valence-corrected chi connectivity index (χ3v) is 4.07. The van der Waals surface area contributed by atoms with Crippen molar-refractivity contribution in [1.29, 1.82) is 0 Å². The number of hydrogen-bond donors (Lipinski definition) is 0. The van der Waals surface area contributed by atoms with Crippen molar-refractivity contribution in [2.75, 3.05) is 6.61 Å². The lowest BCUT2D eigenvalue weighted by molar-refractivity contribution is -0.137. The van der Waals surface area contributed by atoms with Crippen LogP contribution in [0.3, 0.4) is 0 Å². The summed E-state index contributed by atoms with van der Waals surface area (Å²) in [5.74, 6) is -0.318. The number of rotatable bonds is 17. The summed E-state index contributed by atoms with van der Waals surface area (Å²) in [5.41, 5.74) is 0. The fraction of sp³-hybridized carbons (Fsp3) is 0.762. The summed E-state index contributed by atoms with van der Waals surface area (Å²) < 4.78 is 4.93. The number of carbonyl (C=O) groups is 1. The Kier molecular flexibility index (Phi) is 18.1. The first-order chi connectivity index (χ1) is 11.3. The molecule has 0 aromatic heterocycles. The molecule has 0 spiro atoms. The molecule has 0 aliphatic heterocycles. The Morgan fingerprint density at radius 3 is 1.78 bits per heavy atom. The topological polar surface area (TPSA) is 26.3 Å². The molecule has 0 aromatic carbocycles. The fourth-order valence-electron chi connectivity index (χ4n) is 2.58. The molecule has 0 aliphatic rings. The summed E-state index contributed by atoms with van der Waals surface area (Å²) in [6, 6.07) is 0. The van der Waals surface area contributed by atoms with Gasteiger partial charge in [0.05, 0.1) is 6.61 Å². The van der Waals surface area contributed by atoms with Crippen LogP contribution in [-0.2, 0) is 9.53 Å². The molecule has 0 fully saturated rings. The van der Waals surface area contributed by atoms with E-state index in [1.54, 1.807) is 0 Å². The van der Waals surface area contributed by atoms with Gasteiger partial charge in [0.2, 0.25) is 0 Å². The molecule has 0 heterocycles. The van der Waals surface area contributed by atoms with Crippen molar-refractivity contribution in [2.45, 2.75) is 96.8 Å². The normalized spacial score (nSPS) is 11.0. The first kappa shape index (κ1) is 21.9. The molecule has 23 heavy (non-hydrogen) atoms. The Morgan fingerprint density at radius 1 is 0.783 bits per heavy atom. The van der Waals surface area contributed by atoms with E-state index in [0.717, 1.165) is 19.3 Å². The van der Waals surface area contributed by atoms with Gasteiger partial charge in [0.25, 0.3) is 0 Å². The molecule has 0 radical (unpaired) electrons. The van der Waals surface area contributed by atoms with Crippen LogP contribution in [0.25, 0.3) is 0 Å². The minimum Gasteiger partial charge on any atom is -0.463 e. The zero-order valence-corrected chi connectivity index (χ0v) is 15.4. The minimum absolute atomic E-state index is 0.318. The zero-order valence-electron chi connectivity index (χ0n) is 15.4. The third kappa shape index (κ3) is 18.9. The Labute approximate surface area is 144 Å². The van der Waals surface area contributed by atoms with Gasteiger partial charge < -0.3 is 4.74 Å². The van der Waals surface area contributed by atoms with E-state index in [1.807, 2.05) is 0 Å². The lowest BCUT2D eigenvalue weighted by atomic mass is 10.1. The number of unbranched alkanes of at least 4 members (excludes halogenated alkanes) is 12. The van der Waals surface area contributed by atoms with Crippen molar-refractivity contribution in [2.24, 2.45) is 0 Å². The quantitative estimate of drug-likeness (QED) is 0.128. The van der Waals surface area contributed by atoms with E-state index in [4.69, 9.17) is 4.74 Å². The van der Waals surface area contributed by atoms with Crippen molar-refractivity contribution in [3.63, 3.8) is 0 Å². The van der Waals surface area contributed by atoms with Crippen LogP contribution in [0, 0.1) is 0 Å². The van der Waals surface area contributed by atoms with E-state index in [-0.39, 0.29) is 5.97 Å². The minimum atomic E-state index is -0.318. The monoisotopic (exact) mass is 322 g/mol. The van der Waals surface area contributed by atoms with Crippen LogP contribution in [0.2, 0.25) is 0 Å². The van der Waals surface area contributed by atoms with E-state index >= 15 is 0 Å². The van der Waals surface area contributed by atoms with Crippen LogP contribution in [-0.4, -0.2) is 12.6 Å². The molecule has 0 atom stereocenters. The molecule has 134 valence electrons. The largest absolute Gasteiger partial charge is 0.463 e. The second-order valence-electron chi connectivity index (χ2n) is 6.31. The van der Waals surface area contributed by atoms with Gasteiger partial charge in [0.1, 0.15) is 0 Å². The summed E-state index contributed by atoms with van der Waals surface area (Å²) >= 11 is 0. The number of esters is 1. The predicted molar refractivity (Wildman–Crippen MR) is 101 cm³/mol. The van der Waals surface area contributed by atoms with Gasteiger partial charge in [-0.3, -0.25) is 0 Å². The van der Waals surface area contributed by atoms with Crippen LogP contribution in [0.1, 0.15) is 96.8 Å². The zero-order chi connectivity index (χ0) is 17.0. The van der Waals surface area contributed by atoms with Crippen molar-refractivity contribution in [3.05, 3.63) is 24.8 Å². The molecule has 0 aromatic rings. The van der Waals surface area contributed by atoms with Crippen LogP contribution in [0.4, 0.5) is 0 Å². The standard InChI is InChI=1S/C21H38O2/c1-3-5-6-7-8-9-10-11-12-13-14-15-16-17-18-19-20-23-21(22)4-2/h4,15-16H,2-3,5-14,17-20H2,1H3/b16-15+. The van der Waals surface area contributed by atoms with Crippen LogP contribution >= 0.6 is 0 Å². The van der Waals surface area contributed by atoms with Gasteiger partial charge in [-0.1, -0.05) is 83.4 Å². The van der Waals surface area contributed by atoms with E-state index in [0.29, 0.717) is 6.61 Å². The molecule has 2 heteroatoms. The second-order valence-corrected chi connectivity index (χ2v) is 6.31. The van der Waals surface area contributed by atoms with Gasteiger partial charge in [-0.15, -0.1) is 0 Å². The Hall–Kier alpha value is -1.05. The molecule has 0 saturated carbocycles. The first-order valence-electron chi connectivity index (χ1n) is 9.75. The molecule has 2 nitrogen and oxygen atoms in total. The van der Waals surface area contributed by atoms with E-state index < -0.39 is 0 Å². The lowest BCUT2D eigenvalue weighted by Gasteiger charge is -2.01. The van der Waals surface area contributed by atoms with E-state index in [9.17, 15) is 4.79 Å². The number of carbonyl (C=O) groups excluding carboxylic acids is 1. The van der Waals surface area contributed by atoms with Crippen molar-refractivity contribution >= 4 is 5.97 Å². The molecule has 0 N–H and O–H groups in total. The van der Waals surface area contributed by atoms with Gasteiger partial charge in [-0.2, -0.15) is 0 Å². The van der Waals surface area contributed by atoms with Gasteiger partial charge in [-0.25, -0.2) is 4.79 Å². The number of allylic oxidation sites excluding steroid dienone is 2. The Bertz CT molecular complexity index is 294. The Balaban J connectivity index is 3.11. The molecule has 0 unspecified atom stereocenters. The average Bonchev–Trinajstić information content (AvgIpc) is 2.57.